The SMILES string of the molecule is CN(C)c1c(C=O)c(-c2cccc(C#N)c2)n2c1C(=O)CCC2. The predicted molar refractivity (Wildman–Crippen MR) is 87.9 cm³/mol. The number of aromatic nitrogens is 1. The van der Waals surface area contributed by atoms with E-state index in [1.165, 1.54) is 0 Å². The zero-order chi connectivity index (χ0) is 16.6. The first-order valence-corrected chi connectivity index (χ1v) is 7.51. The van der Waals surface area contributed by atoms with Crippen LogP contribution in [-0.2, 0) is 6.54 Å². The summed E-state index contributed by atoms with van der Waals surface area (Å²) in [6.07, 6.45) is 2.07. The summed E-state index contributed by atoms with van der Waals surface area (Å²) in [5, 5.41) is 9.12. The number of hydrogen-bond acceptors (Lipinski definition) is 4. The van der Waals surface area contributed by atoms with Crippen LogP contribution in [0.25, 0.3) is 11.3 Å². The van der Waals surface area contributed by atoms with Crippen LogP contribution in [0.1, 0.15) is 39.3 Å². The topological polar surface area (TPSA) is 66.1 Å². The average molecular weight is 307 g/mol. The minimum Gasteiger partial charge on any atom is -0.375 e. The van der Waals surface area contributed by atoms with Gasteiger partial charge in [-0.3, -0.25) is 9.59 Å². The molecule has 0 atom stereocenters. The van der Waals surface area contributed by atoms with E-state index < -0.39 is 0 Å². The number of hydrogen-bond donors (Lipinski definition) is 0. The number of ketones is 1. The Balaban J connectivity index is 2.36. The number of carbonyl (C=O) groups excluding carboxylic acids is 2. The van der Waals surface area contributed by atoms with Crippen molar-refractivity contribution in [2.75, 3.05) is 19.0 Å². The van der Waals surface area contributed by atoms with Crippen LogP contribution in [-0.4, -0.2) is 30.7 Å². The number of carbonyl (C=O) groups is 2. The maximum Gasteiger partial charge on any atom is 0.181 e. The fourth-order valence-corrected chi connectivity index (χ4v) is 3.26. The minimum absolute atomic E-state index is 0.0609. The summed E-state index contributed by atoms with van der Waals surface area (Å²) in [7, 11) is 3.67. The molecule has 0 fully saturated rings. The van der Waals surface area contributed by atoms with E-state index in [9.17, 15) is 9.59 Å². The van der Waals surface area contributed by atoms with Crippen LogP contribution < -0.4 is 4.90 Å². The van der Waals surface area contributed by atoms with E-state index in [1.54, 1.807) is 18.2 Å². The second kappa shape index (κ2) is 5.73. The number of benzene rings is 1. The normalized spacial score (nSPS) is 13.3. The Bertz CT molecular complexity index is 841. The van der Waals surface area contributed by atoms with Crippen molar-refractivity contribution >= 4 is 17.8 Å². The molecule has 2 aromatic rings. The number of nitriles is 1. The molecular weight excluding hydrogens is 290 g/mol. The van der Waals surface area contributed by atoms with E-state index in [1.807, 2.05) is 29.6 Å². The summed E-state index contributed by atoms with van der Waals surface area (Å²) in [5.41, 5.74) is 3.82. The van der Waals surface area contributed by atoms with Crippen LogP contribution in [0.5, 0.6) is 0 Å². The third kappa shape index (κ3) is 2.33. The number of aldehydes is 1. The van der Waals surface area contributed by atoms with Gasteiger partial charge in [-0.2, -0.15) is 5.26 Å². The summed E-state index contributed by atoms with van der Waals surface area (Å²) in [6.45, 7) is 0.696. The Kier molecular flexibility index (Phi) is 3.75. The van der Waals surface area contributed by atoms with E-state index in [0.717, 1.165) is 24.0 Å². The van der Waals surface area contributed by atoms with Gasteiger partial charge in [-0.25, -0.2) is 0 Å². The third-order valence-corrected chi connectivity index (χ3v) is 4.15. The number of rotatable bonds is 3. The molecule has 0 aliphatic carbocycles. The first-order valence-electron chi connectivity index (χ1n) is 7.51. The molecule has 0 unspecified atom stereocenters. The molecule has 0 bridgehead atoms. The Morgan fingerprint density at radius 1 is 1.30 bits per heavy atom. The lowest BCUT2D eigenvalue weighted by atomic mass is 10.0. The molecule has 0 saturated heterocycles. The molecule has 0 N–H and O–H groups in total. The number of Topliss-reactive ketones (excluding diaryl/α,β-unsaturated/α-hetero) is 1. The second-order valence-corrected chi connectivity index (χ2v) is 5.84. The molecule has 23 heavy (non-hydrogen) atoms. The lowest BCUT2D eigenvalue weighted by molar-refractivity contribution is 0.0956. The zero-order valence-corrected chi connectivity index (χ0v) is 13.2. The average Bonchev–Trinajstić information content (AvgIpc) is 2.90. The molecule has 1 aromatic carbocycles. The summed E-state index contributed by atoms with van der Waals surface area (Å²) in [6, 6.07) is 9.26. The summed E-state index contributed by atoms with van der Waals surface area (Å²) in [5.74, 6) is 0.0609. The molecule has 1 aliphatic heterocycles. The van der Waals surface area contributed by atoms with Gasteiger partial charge in [-0.1, -0.05) is 12.1 Å². The van der Waals surface area contributed by atoms with Crippen LogP contribution >= 0.6 is 0 Å². The largest absolute Gasteiger partial charge is 0.375 e. The van der Waals surface area contributed by atoms with E-state index >= 15 is 0 Å². The van der Waals surface area contributed by atoms with Gasteiger partial charge in [0.15, 0.2) is 12.1 Å². The Morgan fingerprint density at radius 3 is 2.74 bits per heavy atom. The van der Waals surface area contributed by atoms with Crippen molar-refractivity contribution in [2.45, 2.75) is 19.4 Å². The van der Waals surface area contributed by atoms with Crippen molar-refractivity contribution in [3.05, 3.63) is 41.1 Å². The first-order chi connectivity index (χ1) is 11.1. The van der Waals surface area contributed by atoms with Gasteiger partial charge in [0.05, 0.1) is 28.6 Å². The highest BCUT2D eigenvalue weighted by Gasteiger charge is 2.30. The maximum atomic E-state index is 12.4. The van der Waals surface area contributed by atoms with Crippen molar-refractivity contribution in [1.29, 1.82) is 5.26 Å². The number of anilines is 1. The number of nitrogens with zero attached hydrogens (tertiary/aromatic N) is 3. The molecule has 5 heteroatoms. The fourth-order valence-electron chi connectivity index (χ4n) is 3.26. The molecule has 0 spiro atoms. The molecule has 5 nitrogen and oxygen atoms in total. The monoisotopic (exact) mass is 307 g/mol. The molecule has 0 amide bonds. The van der Waals surface area contributed by atoms with Crippen LogP contribution in [0.15, 0.2) is 24.3 Å². The van der Waals surface area contributed by atoms with Gasteiger partial charge < -0.3 is 9.47 Å². The van der Waals surface area contributed by atoms with Crippen molar-refractivity contribution in [2.24, 2.45) is 0 Å². The molecule has 1 aromatic heterocycles. The molecule has 3 rings (SSSR count). The Labute approximate surface area is 134 Å². The second-order valence-electron chi connectivity index (χ2n) is 5.84. The molecule has 116 valence electrons. The lowest BCUT2D eigenvalue weighted by Crippen LogP contribution is -2.20. The standard InChI is InChI=1S/C18H17N3O2/c1-20(2)17-14(11-22)16(13-6-3-5-12(9-13)10-19)21-8-4-7-15(23)18(17)21/h3,5-6,9,11H,4,7-8H2,1-2H3. The summed E-state index contributed by atoms with van der Waals surface area (Å²) in [4.78, 5) is 26.0. The highest BCUT2D eigenvalue weighted by Crippen LogP contribution is 2.39. The van der Waals surface area contributed by atoms with Gasteiger partial charge in [0.2, 0.25) is 0 Å². The van der Waals surface area contributed by atoms with Gasteiger partial charge in [0, 0.05) is 32.6 Å². The van der Waals surface area contributed by atoms with Crippen LogP contribution in [0, 0.1) is 11.3 Å². The number of fused-ring (bicyclic) bond motifs is 1. The predicted octanol–water partition coefficient (Wildman–Crippen LogP) is 2.88. The fraction of sp³-hybridized carbons (Fsp3) is 0.278. The van der Waals surface area contributed by atoms with E-state index in [0.29, 0.717) is 35.5 Å². The van der Waals surface area contributed by atoms with Crippen molar-refractivity contribution in [3.8, 4) is 17.3 Å². The minimum atomic E-state index is 0.0609. The van der Waals surface area contributed by atoms with Crippen molar-refractivity contribution < 1.29 is 9.59 Å². The van der Waals surface area contributed by atoms with Gasteiger partial charge >= 0.3 is 0 Å². The van der Waals surface area contributed by atoms with E-state index in [2.05, 4.69) is 6.07 Å². The third-order valence-electron chi connectivity index (χ3n) is 4.15. The highest BCUT2D eigenvalue weighted by atomic mass is 16.1. The summed E-state index contributed by atoms with van der Waals surface area (Å²) >= 11 is 0. The maximum absolute atomic E-state index is 12.4. The summed E-state index contributed by atoms with van der Waals surface area (Å²) < 4.78 is 1.93. The Morgan fingerprint density at radius 2 is 2.09 bits per heavy atom. The smallest absolute Gasteiger partial charge is 0.181 e. The molecule has 1 aliphatic rings. The first kappa shape index (κ1) is 15.0. The lowest BCUT2D eigenvalue weighted by Gasteiger charge is -2.20. The molecule has 0 saturated carbocycles. The van der Waals surface area contributed by atoms with Crippen molar-refractivity contribution in [3.63, 3.8) is 0 Å². The van der Waals surface area contributed by atoms with Gasteiger partial charge in [0.25, 0.3) is 0 Å². The molecular formula is C18H17N3O2. The van der Waals surface area contributed by atoms with Gasteiger partial charge in [-0.05, 0) is 18.6 Å². The molecule has 2 heterocycles. The Hall–Kier alpha value is -2.87. The van der Waals surface area contributed by atoms with Gasteiger partial charge in [0.1, 0.15) is 5.69 Å². The zero-order valence-electron chi connectivity index (χ0n) is 13.2. The van der Waals surface area contributed by atoms with Crippen LogP contribution in [0.4, 0.5) is 5.69 Å². The quantitative estimate of drug-likeness (QED) is 0.818. The van der Waals surface area contributed by atoms with Gasteiger partial charge in [-0.15, -0.1) is 0 Å². The van der Waals surface area contributed by atoms with Crippen LogP contribution in [0.3, 0.4) is 0 Å². The van der Waals surface area contributed by atoms with E-state index in [-0.39, 0.29) is 5.78 Å². The van der Waals surface area contributed by atoms with E-state index in [4.69, 9.17) is 5.26 Å². The highest BCUT2D eigenvalue weighted by molar-refractivity contribution is 6.08. The van der Waals surface area contributed by atoms with Crippen LogP contribution in [0.2, 0.25) is 0 Å². The van der Waals surface area contributed by atoms with Crippen molar-refractivity contribution in [1.82, 2.24) is 4.57 Å². The molecule has 0 radical (unpaired) electrons.